The van der Waals surface area contributed by atoms with Crippen LogP contribution in [-0.4, -0.2) is 41.0 Å². The minimum absolute atomic E-state index is 0.0695. The van der Waals surface area contributed by atoms with Crippen molar-refractivity contribution in [2.24, 2.45) is 0 Å². The van der Waals surface area contributed by atoms with E-state index in [2.05, 4.69) is 27.3 Å². The normalized spacial score (nSPS) is 12.1. The third kappa shape index (κ3) is 4.14. The molecular weight excluding hydrogens is 312 g/mol. The fourth-order valence-corrected chi connectivity index (χ4v) is 2.76. The van der Waals surface area contributed by atoms with Crippen LogP contribution in [0.1, 0.15) is 22.0 Å². The molecule has 1 N–H and O–H groups in total. The number of carbonyl (C=O) groups is 1. The Morgan fingerprint density at radius 3 is 2.44 bits per heavy atom. The van der Waals surface area contributed by atoms with Crippen LogP contribution in [0.2, 0.25) is 0 Å². The van der Waals surface area contributed by atoms with E-state index in [0.29, 0.717) is 12.1 Å². The van der Waals surface area contributed by atoms with E-state index < -0.39 is 0 Å². The molecule has 3 aromatic rings. The van der Waals surface area contributed by atoms with E-state index in [9.17, 15) is 4.79 Å². The Balaban J connectivity index is 1.65. The van der Waals surface area contributed by atoms with E-state index in [0.717, 1.165) is 5.69 Å². The lowest BCUT2D eigenvalue weighted by molar-refractivity contribution is 0.0942. The number of aromatic nitrogens is 2. The lowest BCUT2D eigenvalue weighted by Gasteiger charge is -2.25. The van der Waals surface area contributed by atoms with Crippen LogP contribution < -0.4 is 5.32 Å². The van der Waals surface area contributed by atoms with E-state index in [1.165, 1.54) is 5.56 Å². The van der Waals surface area contributed by atoms with Gasteiger partial charge in [0, 0.05) is 30.2 Å². The molecule has 0 bridgehead atoms. The fraction of sp³-hybridized carbons (Fsp3) is 0.200. The summed E-state index contributed by atoms with van der Waals surface area (Å²) in [6.07, 6.45) is 5.33. The van der Waals surface area contributed by atoms with Crippen molar-refractivity contribution >= 4 is 5.91 Å². The molecule has 0 aliphatic heterocycles. The van der Waals surface area contributed by atoms with Gasteiger partial charge in [0.05, 0.1) is 12.4 Å². The maximum absolute atomic E-state index is 12.5. The molecule has 0 aliphatic rings. The Kier molecular flexibility index (Phi) is 5.26. The zero-order valence-corrected chi connectivity index (χ0v) is 14.5. The van der Waals surface area contributed by atoms with Crippen molar-refractivity contribution in [3.8, 4) is 5.69 Å². The number of nitrogens with zero attached hydrogens (tertiary/aromatic N) is 3. The van der Waals surface area contributed by atoms with E-state index in [4.69, 9.17) is 0 Å². The molecule has 1 aromatic heterocycles. The molecule has 128 valence electrons. The Morgan fingerprint density at radius 1 is 1.12 bits per heavy atom. The van der Waals surface area contributed by atoms with Gasteiger partial charge in [0.15, 0.2) is 0 Å². The monoisotopic (exact) mass is 334 g/mol. The standard InChI is InChI=1S/C20H22N4O/c1-23(2)19(16-6-4-3-5-7-16)14-22-20(25)17-8-10-18(11-9-17)24-13-12-21-15-24/h3-13,15,19H,14H2,1-2H3,(H,22,25). The first-order valence-corrected chi connectivity index (χ1v) is 8.23. The highest BCUT2D eigenvalue weighted by Gasteiger charge is 2.15. The SMILES string of the molecule is CN(C)C(CNC(=O)c1ccc(-n2ccnc2)cc1)c1ccccc1. The predicted molar refractivity (Wildman–Crippen MR) is 98.8 cm³/mol. The molecule has 25 heavy (non-hydrogen) atoms. The predicted octanol–water partition coefficient (Wildman–Crippen LogP) is 2.91. The molecule has 1 amide bonds. The quantitative estimate of drug-likeness (QED) is 0.754. The minimum atomic E-state index is -0.0695. The average molecular weight is 334 g/mol. The summed E-state index contributed by atoms with van der Waals surface area (Å²) in [7, 11) is 4.04. The number of rotatable bonds is 6. The number of imidazole rings is 1. The molecule has 0 radical (unpaired) electrons. The highest BCUT2D eigenvalue weighted by Crippen LogP contribution is 2.17. The van der Waals surface area contributed by atoms with Crippen molar-refractivity contribution in [2.45, 2.75) is 6.04 Å². The second kappa shape index (κ2) is 7.77. The van der Waals surface area contributed by atoms with Gasteiger partial charge in [-0.15, -0.1) is 0 Å². The summed E-state index contributed by atoms with van der Waals surface area (Å²) in [5.74, 6) is -0.0695. The zero-order chi connectivity index (χ0) is 17.6. The topological polar surface area (TPSA) is 50.2 Å². The van der Waals surface area contributed by atoms with Gasteiger partial charge < -0.3 is 14.8 Å². The Labute approximate surface area is 147 Å². The van der Waals surface area contributed by atoms with E-state index >= 15 is 0 Å². The summed E-state index contributed by atoms with van der Waals surface area (Å²) in [5.41, 5.74) is 2.81. The number of hydrogen-bond acceptors (Lipinski definition) is 3. The fourth-order valence-electron chi connectivity index (χ4n) is 2.76. The van der Waals surface area contributed by atoms with Crippen LogP contribution >= 0.6 is 0 Å². The van der Waals surface area contributed by atoms with Gasteiger partial charge in [-0.2, -0.15) is 0 Å². The first kappa shape index (κ1) is 16.9. The first-order chi connectivity index (χ1) is 12.1. The van der Waals surface area contributed by atoms with Gasteiger partial charge in [-0.25, -0.2) is 4.98 Å². The van der Waals surface area contributed by atoms with Crippen LogP contribution in [0.5, 0.6) is 0 Å². The van der Waals surface area contributed by atoms with Crippen LogP contribution in [0.3, 0.4) is 0 Å². The van der Waals surface area contributed by atoms with Gasteiger partial charge in [-0.1, -0.05) is 30.3 Å². The molecule has 5 heteroatoms. The maximum atomic E-state index is 12.5. The van der Waals surface area contributed by atoms with Crippen LogP contribution in [0.4, 0.5) is 0 Å². The Morgan fingerprint density at radius 2 is 1.84 bits per heavy atom. The second-order valence-corrected chi connectivity index (χ2v) is 6.12. The molecule has 5 nitrogen and oxygen atoms in total. The average Bonchev–Trinajstić information content (AvgIpc) is 3.17. The van der Waals surface area contributed by atoms with Crippen molar-refractivity contribution in [2.75, 3.05) is 20.6 Å². The van der Waals surface area contributed by atoms with Crippen molar-refractivity contribution < 1.29 is 4.79 Å². The summed E-state index contributed by atoms with van der Waals surface area (Å²) in [4.78, 5) is 18.6. The third-order valence-electron chi connectivity index (χ3n) is 4.20. The molecule has 1 unspecified atom stereocenters. The van der Waals surface area contributed by atoms with Crippen molar-refractivity contribution in [3.63, 3.8) is 0 Å². The molecule has 3 rings (SSSR count). The summed E-state index contributed by atoms with van der Waals surface area (Å²) in [5, 5.41) is 3.03. The summed E-state index contributed by atoms with van der Waals surface area (Å²) in [6.45, 7) is 0.555. The van der Waals surface area contributed by atoms with Crippen molar-refractivity contribution in [3.05, 3.63) is 84.4 Å². The number of carbonyl (C=O) groups excluding carboxylic acids is 1. The second-order valence-electron chi connectivity index (χ2n) is 6.12. The van der Waals surface area contributed by atoms with Gasteiger partial charge in [0.2, 0.25) is 0 Å². The number of benzene rings is 2. The molecular formula is C20H22N4O. The number of likely N-dealkylation sites (N-methyl/N-ethyl adjacent to an activating group) is 1. The molecule has 0 saturated carbocycles. The lowest BCUT2D eigenvalue weighted by atomic mass is 10.1. The smallest absolute Gasteiger partial charge is 0.251 e. The number of amides is 1. The molecule has 0 fully saturated rings. The molecule has 0 saturated heterocycles. The van der Waals surface area contributed by atoms with Gasteiger partial charge >= 0.3 is 0 Å². The summed E-state index contributed by atoms with van der Waals surface area (Å²) >= 11 is 0. The third-order valence-corrected chi connectivity index (χ3v) is 4.20. The largest absolute Gasteiger partial charge is 0.350 e. The van der Waals surface area contributed by atoms with Crippen molar-refractivity contribution in [1.29, 1.82) is 0 Å². The molecule has 1 heterocycles. The maximum Gasteiger partial charge on any atom is 0.251 e. The molecule has 2 aromatic carbocycles. The highest BCUT2D eigenvalue weighted by molar-refractivity contribution is 5.94. The number of hydrogen-bond donors (Lipinski definition) is 1. The lowest BCUT2D eigenvalue weighted by Crippen LogP contribution is -2.34. The van der Waals surface area contributed by atoms with Gasteiger partial charge in [0.1, 0.15) is 0 Å². The van der Waals surface area contributed by atoms with Gasteiger partial charge in [-0.3, -0.25) is 4.79 Å². The Hall–Kier alpha value is -2.92. The molecule has 0 spiro atoms. The minimum Gasteiger partial charge on any atom is -0.350 e. The van der Waals surface area contributed by atoms with Crippen LogP contribution in [0.25, 0.3) is 5.69 Å². The van der Waals surface area contributed by atoms with Crippen LogP contribution in [-0.2, 0) is 0 Å². The molecule has 0 aliphatic carbocycles. The summed E-state index contributed by atoms with van der Waals surface area (Å²) < 4.78 is 1.90. The van der Waals surface area contributed by atoms with Crippen molar-refractivity contribution in [1.82, 2.24) is 19.8 Å². The first-order valence-electron chi connectivity index (χ1n) is 8.23. The molecule has 1 atom stereocenters. The number of nitrogens with one attached hydrogen (secondary N) is 1. The summed E-state index contributed by atoms with van der Waals surface area (Å²) in [6, 6.07) is 17.8. The van der Waals surface area contributed by atoms with Gasteiger partial charge in [0.25, 0.3) is 5.91 Å². The van der Waals surface area contributed by atoms with Crippen LogP contribution in [0, 0.1) is 0 Å². The van der Waals surface area contributed by atoms with E-state index in [1.807, 2.05) is 67.3 Å². The highest BCUT2D eigenvalue weighted by atomic mass is 16.1. The zero-order valence-electron chi connectivity index (χ0n) is 14.5. The Bertz CT molecular complexity index is 795. The van der Waals surface area contributed by atoms with Crippen LogP contribution in [0.15, 0.2) is 73.3 Å². The van der Waals surface area contributed by atoms with E-state index in [-0.39, 0.29) is 11.9 Å². The van der Waals surface area contributed by atoms with Gasteiger partial charge in [-0.05, 0) is 43.9 Å². The van der Waals surface area contributed by atoms with E-state index in [1.54, 1.807) is 12.5 Å².